The monoisotopic (exact) mass is 286 g/mol. The quantitative estimate of drug-likeness (QED) is 0.607. The molecule has 1 aromatic heterocycles. The molecule has 3 atom stereocenters. The number of hydrogen-bond donors (Lipinski definition) is 2. The van der Waals surface area contributed by atoms with Gasteiger partial charge in [0.25, 0.3) is 0 Å². The van der Waals surface area contributed by atoms with Crippen LogP contribution in [0.3, 0.4) is 0 Å². The molecule has 0 aliphatic rings. The lowest BCUT2D eigenvalue weighted by molar-refractivity contribution is 0.343. The Kier molecular flexibility index (Phi) is 5.53. The van der Waals surface area contributed by atoms with Crippen molar-refractivity contribution in [1.29, 1.82) is 0 Å². The third-order valence-electron chi connectivity index (χ3n) is 4.32. The number of aromatic nitrogens is 2. The Morgan fingerprint density at radius 3 is 2.43 bits per heavy atom. The zero-order valence-electron chi connectivity index (χ0n) is 13.2. The predicted octanol–water partition coefficient (Wildman–Crippen LogP) is 3.24. The maximum absolute atomic E-state index is 5.90. The second-order valence-electron chi connectivity index (χ2n) is 5.60. The molecule has 3 unspecified atom stereocenters. The Morgan fingerprint density at radius 1 is 1.19 bits per heavy atom. The SMILES string of the molecule is CCC(C)C(c1ccccc1)C(NN)c1cnn(CC)c1. The number of nitrogens with zero attached hydrogens (tertiary/aromatic N) is 2. The van der Waals surface area contributed by atoms with Gasteiger partial charge < -0.3 is 0 Å². The van der Waals surface area contributed by atoms with Crippen LogP contribution in [0.5, 0.6) is 0 Å². The average molecular weight is 286 g/mol. The minimum absolute atomic E-state index is 0.0719. The van der Waals surface area contributed by atoms with Crippen LogP contribution in [0.2, 0.25) is 0 Å². The summed E-state index contributed by atoms with van der Waals surface area (Å²) in [6.07, 6.45) is 5.12. The van der Waals surface area contributed by atoms with Gasteiger partial charge in [0.05, 0.1) is 12.2 Å². The number of hydrogen-bond acceptors (Lipinski definition) is 3. The van der Waals surface area contributed by atoms with Gasteiger partial charge in [-0.15, -0.1) is 0 Å². The highest BCUT2D eigenvalue weighted by Crippen LogP contribution is 2.37. The molecule has 0 saturated heterocycles. The van der Waals surface area contributed by atoms with Gasteiger partial charge in [-0.2, -0.15) is 5.10 Å². The standard InChI is InChI=1S/C17H26N4/c1-4-13(3)16(14-9-7-6-8-10-14)17(20-18)15-11-19-21(5-2)12-15/h6-13,16-17,20H,4-5,18H2,1-3H3. The predicted molar refractivity (Wildman–Crippen MR) is 86.6 cm³/mol. The highest BCUT2D eigenvalue weighted by molar-refractivity contribution is 5.26. The molecule has 0 amide bonds. The van der Waals surface area contributed by atoms with Gasteiger partial charge in [0.1, 0.15) is 0 Å². The summed E-state index contributed by atoms with van der Waals surface area (Å²) in [4.78, 5) is 0. The van der Waals surface area contributed by atoms with E-state index < -0.39 is 0 Å². The second kappa shape index (κ2) is 7.38. The molecule has 0 bridgehead atoms. The smallest absolute Gasteiger partial charge is 0.0562 e. The molecule has 114 valence electrons. The fraction of sp³-hybridized carbons (Fsp3) is 0.471. The average Bonchev–Trinajstić information content (AvgIpc) is 3.01. The number of benzene rings is 1. The second-order valence-corrected chi connectivity index (χ2v) is 5.60. The molecule has 0 aliphatic heterocycles. The topological polar surface area (TPSA) is 55.9 Å². The number of nitrogens with two attached hydrogens (primary N) is 1. The lowest BCUT2D eigenvalue weighted by Gasteiger charge is -2.31. The summed E-state index contributed by atoms with van der Waals surface area (Å²) >= 11 is 0. The molecule has 4 heteroatoms. The first-order chi connectivity index (χ1) is 10.2. The van der Waals surface area contributed by atoms with Crippen molar-refractivity contribution in [3.63, 3.8) is 0 Å². The maximum Gasteiger partial charge on any atom is 0.0562 e. The minimum atomic E-state index is 0.0719. The van der Waals surface area contributed by atoms with Gasteiger partial charge in [-0.25, -0.2) is 0 Å². The maximum atomic E-state index is 5.90. The van der Waals surface area contributed by atoms with Gasteiger partial charge in [-0.1, -0.05) is 50.6 Å². The largest absolute Gasteiger partial charge is 0.273 e. The van der Waals surface area contributed by atoms with E-state index in [1.807, 2.05) is 10.9 Å². The van der Waals surface area contributed by atoms with E-state index in [4.69, 9.17) is 5.84 Å². The Balaban J connectivity index is 2.37. The number of aryl methyl sites for hydroxylation is 1. The van der Waals surface area contributed by atoms with Crippen molar-refractivity contribution >= 4 is 0 Å². The highest BCUT2D eigenvalue weighted by Gasteiger charge is 2.29. The Labute approximate surface area is 127 Å². The molecule has 0 radical (unpaired) electrons. The third kappa shape index (κ3) is 3.52. The normalized spacial score (nSPS) is 15.6. The molecule has 0 fully saturated rings. The molecule has 1 aromatic carbocycles. The Morgan fingerprint density at radius 2 is 1.90 bits per heavy atom. The van der Waals surface area contributed by atoms with Crippen LogP contribution in [0.25, 0.3) is 0 Å². The summed E-state index contributed by atoms with van der Waals surface area (Å²) in [7, 11) is 0. The van der Waals surface area contributed by atoms with Crippen LogP contribution in [0.4, 0.5) is 0 Å². The van der Waals surface area contributed by atoms with E-state index >= 15 is 0 Å². The molecule has 0 spiro atoms. The van der Waals surface area contributed by atoms with Crippen molar-refractivity contribution in [1.82, 2.24) is 15.2 Å². The van der Waals surface area contributed by atoms with Crippen molar-refractivity contribution in [3.05, 3.63) is 53.9 Å². The van der Waals surface area contributed by atoms with Gasteiger partial charge in [-0.05, 0) is 18.4 Å². The van der Waals surface area contributed by atoms with Crippen LogP contribution in [0, 0.1) is 5.92 Å². The summed E-state index contributed by atoms with van der Waals surface area (Å²) in [6, 6.07) is 10.7. The summed E-state index contributed by atoms with van der Waals surface area (Å²) in [5.41, 5.74) is 5.48. The van der Waals surface area contributed by atoms with Crippen LogP contribution >= 0.6 is 0 Å². The molecule has 4 nitrogen and oxygen atoms in total. The molecular weight excluding hydrogens is 260 g/mol. The zero-order valence-corrected chi connectivity index (χ0v) is 13.2. The Hall–Kier alpha value is -1.65. The van der Waals surface area contributed by atoms with E-state index in [9.17, 15) is 0 Å². The first-order valence-corrected chi connectivity index (χ1v) is 7.74. The van der Waals surface area contributed by atoms with Crippen molar-refractivity contribution in [3.8, 4) is 0 Å². The van der Waals surface area contributed by atoms with Crippen LogP contribution < -0.4 is 11.3 Å². The molecule has 0 aliphatic carbocycles. The lowest BCUT2D eigenvalue weighted by atomic mass is 9.78. The van der Waals surface area contributed by atoms with Crippen molar-refractivity contribution in [2.45, 2.75) is 45.7 Å². The molecule has 0 saturated carbocycles. The van der Waals surface area contributed by atoms with E-state index in [-0.39, 0.29) is 6.04 Å². The first-order valence-electron chi connectivity index (χ1n) is 7.74. The summed E-state index contributed by atoms with van der Waals surface area (Å²) in [5, 5.41) is 4.39. The molecular formula is C17H26N4. The molecule has 2 aromatic rings. The van der Waals surface area contributed by atoms with Crippen molar-refractivity contribution < 1.29 is 0 Å². The van der Waals surface area contributed by atoms with Gasteiger partial charge in [-0.3, -0.25) is 16.0 Å². The molecule has 1 heterocycles. The van der Waals surface area contributed by atoms with E-state index in [1.54, 1.807) is 0 Å². The van der Waals surface area contributed by atoms with Crippen LogP contribution in [0.1, 0.15) is 50.3 Å². The minimum Gasteiger partial charge on any atom is -0.273 e. The molecule has 21 heavy (non-hydrogen) atoms. The van der Waals surface area contributed by atoms with Crippen LogP contribution in [-0.4, -0.2) is 9.78 Å². The van der Waals surface area contributed by atoms with Crippen molar-refractivity contribution in [2.24, 2.45) is 11.8 Å². The fourth-order valence-electron chi connectivity index (χ4n) is 2.90. The van der Waals surface area contributed by atoms with Gasteiger partial charge in [0.2, 0.25) is 0 Å². The first kappa shape index (κ1) is 15.7. The van der Waals surface area contributed by atoms with Crippen LogP contribution in [0.15, 0.2) is 42.7 Å². The van der Waals surface area contributed by atoms with Crippen LogP contribution in [-0.2, 0) is 6.54 Å². The third-order valence-corrected chi connectivity index (χ3v) is 4.32. The number of hydrazine groups is 1. The Bertz CT molecular complexity index is 535. The van der Waals surface area contributed by atoms with E-state index in [2.05, 4.69) is 67.8 Å². The van der Waals surface area contributed by atoms with Gasteiger partial charge in [0.15, 0.2) is 0 Å². The zero-order chi connectivity index (χ0) is 15.2. The number of nitrogens with one attached hydrogen (secondary N) is 1. The molecule has 2 rings (SSSR count). The number of rotatable bonds is 7. The summed E-state index contributed by atoms with van der Waals surface area (Å²) < 4.78 is 1.94. The van der Waals surface area contributed by atoms with E-state index in [0.717, 1.165) is 18.5 Å². The van der Waals surface area contributed by atoms with Crippen molar-refractivity contribution in [2.75, 3.05) is 0 Å². The highest BCUT2D eigenvalue weighted by atomic mass is 15.3. The lowest BCUT2D eigenvalue weighted by Crippen LogP contribution is -2.34. The van der Waals surface area contributed by atoms with E-state index in [0.29, 0.717) is 11.8 Å². The summed E-state index contributed by atoms with van der Waals surface area (Å²) in [6.45, 7) is 7.47. The van der Waals surface area contributed by atoms with E-state index in [1.165, 1.54) is 5.56 Å². The van der Waals surface area contributed by atoms with Gasteiger partial charge >= 0.3 is 0 Å². The summed E-state index contributed by atoms with van der Waals surface area (Å²) in [5.74, 6) is 6.75. The fourth-order valence-corrected chi connectivity index (χ4v) is 2.90. The van der Waals surface area contributed by atoms with Gasteiger partial charge in [0, 0.05) is 24.2 Å². The molecule has 3 N–H and O–H groups in total.